The molecule has 0 aliphatic rings. The first kappa shape index (κ1) is 11.2. The van der Waals surface area contributed by atoms with E-state index in [2.05, 4.69) is 9.84 Å². The molecular formula is C9H12N2O4. The van der Waals surface area contributed by atoms with Gasteiger partial charge < -0.3 is 9.84 Å². The van der Waals surface area contributed by atoms with Crippen LogP contribution in [0.2, 0.25) is 0 Å². The Bertz CT molecular complexity index is 372. The lowest BCUT2D eigenvalue weighted by molar-refractivity contribution is -0.141. The van der Waals surface area contributed by atoms with Gasteiger partial charge in [0.25, 0.3) is 0 Å². The molecule has 6 nitrogen and oxygen atoms in total. The Hall–Kier alpha value is -1.85. The minimum absolute atomic E-state index is 0.228. The normalized spacial score (nSPS) is 12.1. The molecule has 0 aliphatic carbocycles. The maximum atomic E-state index is 11.1. The van der Waals surface area contributed by atoms with Gasteiger partial charge in [0, 0.05) is 6.20 Å². The molecule has 0 saturated heterocycles. The van der Waals surface area contributed by atoms with Gasteiger partial charge in [-0.15, -0.1) is 0 Å². The molecule has 0 spiro atoms. The summed E-state index contributed by atoms with van der Waals surface area (Å²) in [6, 6.07) is 0. The Labute approximate surface area is 86.5 Å². The maximum absolute atomic E-state index is 11.1. The first-order chi connectivity index (χ1) is 7.04. The van der Waals surface area contributed by atoms with Crippen LogP contribution in [0.15, 0.2) is 12.4 Å². The van der Waals surface area contributed by atoms with Crippen LogP contribution in [0.25, 0.3) is 0 Å². The molecule has 82 valence electrons. The summed E-state index contributed by atoms with van der Waals surface area (Å²) < 4.78 is 5.90. The number of carboxylic acids is 1. The van der Waals surface area contributed by atoms with Crippen molar-refractivity contribution in [2.24, 2.45) is 5.92 Å². The van der Waals surface area contributed by atoms with Crippen molar-refractivity contribution in [2.75, 3.05) is 7.11 Å². The second-order valence-electron chi connectivity index (χ2n) is 3.18. The van der Waals surface area contributed by atoms with Crippen molar-refractivity contribution >= 4 is 11.9 Å². The van der Waals surface area contributed by atoms with Crippen LogP contribution < -0.4 is 0 Å². The Kier molecular flexibility index (Phi) is 3.43. The van der Waals surface area contributed by atoms with Gasteiger partial charge in [0.15, 0.2) is 0 Å². The molecule has 0 saturated carbocycles. The average Bonchev–Trinajstić information content (AvgIpc) is 2.65. The van der Waals surface area contributed by atoms with E-state index in [-0.39, 0.29) is 6.54 Å². The van der Waals surface area contributed by atoms with E-state index in [4.69, 9.17) is 5.11 Å². The summed E-state index contributed by atoms with van der Waals surface area (Å²) in [6.07, 6.45) is 2.81. The summed E-state index contributed by atoms with van der Waals surface area (Å²) in [7, 11) is 1.28. The van der Waals surface area contributed by atoms with Crippen LogP contribution >= 0.6 is 0 Å². The quantitative estimate of drug-likeness (QED) is 0.730. The van der Waals surface area contributed by atoms with E-state index in [0.717, 1.165) is 0 Å². The highest BCUT2D eigenvalue weighted by atomic mass is 16.5. The van der Waals surface area contributed by atoms with E-state index in [0.29, 0.717) is 5.56 Å². The van der Waals surface area contributed by atoms with Gasteiger partial charge in [-0.05, 0) is 0 Å². The standard InChI is InChI=1S/C9H12N2O4/c1-6(8(12)13)4-11-5-7(3-10-11)9(14)15-2/h3,5-6H,4H2,1-2H3,(H,12,13)/t6-/m0/s1. The van der Waals surface area contributed by atoms with Gasteiger partial charge in [-0.2, -0.15) is 5.10 Å². The van der Waals surface area contributed by atoms with Gasteiger partial charge in [-0.3, -0.25) is 9.48 Å². The number of rotatable bonds is 4. The number of hydrogen-bond donors (Lipinski definition) is 1. The monoisotopic (exact) mass is 212 g/mol. The summed E-state index contributed by atoms with van der Waals surface area (Å²) in [6.45, 7) is 1.80. The minimum Gasteiger partial charge on any atom is -0.481 e. The molecule has 1 atom stereocenters. The Morgan fingerprint density at radius 3 is 2.87 bits per heavy atom. The van der Waals surface area contributed by atoms with Gasteiger partial charge in [-0.1, -0.05) is 6.92 Å². The lowest BCUT2D eigenvalue weighted by Crippen LogP contribution is -2.16. The Balaban J connectivity index is 2.68. The molecule has 0 fully saturated rings. The number of esters is 1. The van der Waals surface area contributed by atoms with Crippen LogP contribution in [0.1, 0.15) is 17.3 Å². The van der Waals surface area contributed by atoms with Crippen molar-refractivity contribution in [3.8, 4) is 0 Å². The van der Waals surface area contributed by atoms with Crippen LogP contribution in [0, 0.1) is 5.92 Å². The van der Waals surface area contributed by atoms with Crippen LogP contribution in [0.5, 0.6) is 0 Å². The lowest BCUT2D eigenvalue weighted by atomic mass is 10.2. The predicted octanol–water partition coefficient (Wildman–Crippen LogP) is 0.390. The number of ether oxygens (including phenoxy) is 1. The molecule has 1 aromatic rings. The van der Waals surface area contributed by atoms with Crippen molar-refractivity contribution in [3.63, 3.8) is 0 Å². The third kappa shape index (κ3) is 2.80. The number of carbonyl (C=O) groups is 2. The first-order valence-corrected chi connectivity index (χ1v) is 4.38. The zero-order chi connectivity index (χ0) is 11.4. The number of nitrogens with zero attached hydrogens (tertiary/aromatic N) is 2. The zero-order valence-electron chi connectivity index (χ0n) is 8.51. The lowest BCUT2D eigenvalue weighted by Gasteiger charge is -2.04. The number of carboxylic acid groups (broad SMARTS) is 1. The molecule has 1 rings (SSSR count). The number of methoxy groups -OCH3 is 1. The maximum Gasteiger partial charge on any atom is 0.341 e. The van der Waals surface area contributed by atoms with Crippen molar-refractivity contribution in [3.05, 3.63) is 18.0 Å². The molecule has 0 unspecified atom stereocenters. The summed E-state index contributed by atoms with van der Waals surface area (Å²) in [4.78, 5) is 21.6. The Morgan fingerprint density at radius 2 is 2.33 bits per heavy atom. The second-order valence-corrected chi connectivity index (χ2v) is 3.18. The molecular weight excluding hydrogens is 200 g/mol. The molecule has 0 aliphatic heterocycles. The molecule has 1 aromatic heterocycles. The van der Waals surface area contributed by atoms with Gasteiger partial charge in [0.05, 0.1) is 31.3 Å². The fourth-order valence-electron chi connectivity index (χ4n) is 1.05. The van der Waals surface area contributed by atoms with Crippen molar-refractivity contribution in [1.82, 2.24) is 9.78 Å². The predicted molar refractivity (Wildman–Crippen MR) is 50.4 cm³/mol. The van der Waals surface area contributed by atoms with Gasteiger partial charge in [-0.25, -0.2) is 4.79 Å². The highest BCUT2D eigenvalue weighted by molar-refractivity contribution is 5.88. The topological polar surface area (TPSA) is 81.4 Å². The molecule has 15 heavy (non-hydrogen) atoms. The average molecular weight is 212 g/mol. The smallest absolute Gasteiger partial charge is 0.341 e. The molecule has 0 aromatic carbocycles. The van der Waals surface area contributed by atoms with E-state index in [1.807, 2.05) is 0 Å². The summed E-state index contributed by atoms with van der Waals surface area (Å²) >= 11 is 0. The number of hydrogen-bond acceptors (Lipinski definition) is 4. The summed E-state index contributed by atoms with van der Waals surface area (Å²) in [5.74, 6) is -1.93. The van der Waals surface area contributed by atoms with Crippen LogP contribution in [0.3, 0.4) is 0 Å². The Morgan fingerprint density at radius 1 is 1.67 bits per heavy atom. The van der Waals surface area contributed by atoms with Gasteiger partial charge in [0.1, 0.15) is 0 Å². The van der Waals surface area contributed by atoms with Crippen molar-refractivity contribution in [1.29, 1.82) is 0 Å². The third-order valence-corrected chi connectivity index (χ3v) is 1.94. The number of carbonyl (C=O) groups excluding carboxylic acids is 1. The minimum atomic E-state index is -0.898. The highest BCUT2D eigenvalue weighted by Crippen LogP contribution is 2.04. The third-order valence-electron chi connectivity index (χ3n) is 1.94. The fraction of sp³-hybridized carbons (Fsp3) is 0.444. The van der Waals surface area contributed by atoms with Crippen LogP contribution in [-0.2, 0) is 16.1 Å². The molecule has 0 bridgehead atoms. The summed E-state index contributed by atoms with van der Waals surface area (Å²) in [5.41, 5.74) is 0.315. The van der Waals surface area contributed by atoms with Gasteiger partial charge >= 0.3 is 11.9 Å². The largest absolute Gasteiger partial charge is 0.481 e. The molecule has 0 radical (unpaired) electrons. The molecule has 1 N–H and O–H groups in total. The van der Waals surface area contributed by atoms with Crippen molar-refractivity contribution < 1.29 is 19.4 Å². The fourth-order valence-corrected chi connectivity index (χ4v) is 1.05. The van der Waals surface area contributed by atoms with Crippen LogP contribution in [-0.4, -0.2) is 33.9 Å². The van der Waals surface area contributed by atoms with Crippen molar-refractivity contribution in [2.45, 2.75) is 13.5 Å². The first-order valence-electron chi connectivity index (χ1n) is 4.38. The highest BCUT2D eigenvalue weighted by Gasteiger charge is 2.14. The zero-order valence-corrected chi connectivity index (χ0v) is 8.51. The van der Waals surface area contributed by atoms with E-state index in [9.17, 15) is 9.59 Å². The molecule has 6 heteroatoms. The van der Waals surface area contributed by atoms with E-state index >= 15 is 0 Å². The number of aromatic nitrogens is 2. The second kappa shape index (κ2) is 4.59. The number of aliphatic carboxylic acids is 1. The van der Waals surface area contributed by atoms with E-state index in [1.54, 1.807) is 6.92 Å². The SMILES string of the molecule is COC(=O)c1cnn(C[C@H](C)C(=O)O)c1. The molecule has 0 amide bonds. The van der Waals surface area contributed by atoms with Crippen LogP contribution in [0.4, 0.5) is 0 Å². The van der Waals surface area contributed by atoms with E-state index < -0.39 is 17.9 Å². The van der Waals surface area contributed by atoms with Gasteiger partial charge in [0.2, 0.25) is 0 Å². The van der Waals surface area contributed by atoms with E-state index in [1.165, 1.54) is 24.2 Å². The summed E-state index contributed by atoms with van der Waals surface area (Å²) in [5, 5.41) is 12.5. The molecule has 1 heterocycles.